The largest absolute Gasteiger partial charge is 0.494 e. The fourth-order valence-electron chi connectivity index (χ4n) is 1.68. The van der Waals surface area contributed by atoms with Crippen LogP contribution in [-0.2, 0) is 7.05 Å². The van der Waals surface area contributed by atoms with Crippen molar-refractivity contribution >= 4 is 5.78 Å². The van der Waals surface area contributed by atoms with Crippen molar-refractivity contribution in [1.82, 2.24) is 14.8 Å². The van der Waals surface area contributed by atoms with Crippen LogP contribution in [0, 0.1) is 0 Å². The van der Waals surface area contributed by atoms with Gasteiger partial charge in [-0.15, -0.1) is 0 Å². The number of ether oxygens (including phenoxy) is 2. The summed E-state index contributed by atoms with van der Waals surface area (Å²) in [6.07, 6.45) is 4.54. The van der Waals surface area contributed by atoms with Gasteiger partial charge in [0.25, 0.3) is 0 Å². The van der Waals surface area contributed by atoms with Crippen molar-refractivity contribution in [3.63, 3.8) is 0 Å². The molecule has 0 atom stereocenters. The van der Waals surface area contributed by atoms with Gasteiger partial charge < -0.3 is 9.47 Å². The molecule has 0 saturated carbocycles. The van der Waals surface area contributed by atoms with Gasteiger partial charge in [-0.05, 0) is 6.07 Å². The lowest BCUT2D eigenvalue weighted by atomic mass is 10.1. The van der Waals surface area contributed by atoms with Gasteiger partial charge in [0.15, 0.2) is 11.4 Å². The molecule has 0 amide bonds. The van der Waals surface area contributed by atoms with Crippen LogP contribution in [0.1, 0.15) is 16.1 Å². The number of ketones is 1. The van der Waals surface area contributed by atoms with Crippen LogP contribution in [0.2, 0.25) is 0 Å². The second-order valence-corrected chi connectivity index (χ2v) is 3.59. The van der Waals surface area contributed by atoms with Crippen LogP contribution in [-0.4, -0.2) is 34.8 Å². The lowest BCUT2D eigenvalue weighted by Crippen LogP contribution is -2.11. The molecule has 0 aromatic carbocycles. The summed E-state index contributed by atoms with van der Waals surface area (Å²) < 4.78 is 11.7. The summed E-state index contributed by atoms with van der Waals surface area (Å²) in [6, 6.07) is 1.60. The van der Waals surface area contributed by atoms with Gasteiger partial charge in [0.1, 0.15) is 5.75 Å². The molecule has 2 aromatic rings. The van der Waals surface area contributed by atoms with E-state index in [1.54, 1.807) is 19.3 Å². The smallest absolute Gasteiger partial charge is 0.218 e. The molecule has 2 aromatic heterocycles. The Morgan fingerprint density at radius 1 is 1.22 bits per heavy atom. The van der Waals surface area contributed by atoms with Gasteiger partial charge >= 0.3 is 0 Å². The molecule has 18 heavy (non-hydrogen) atoms. The van der Waals surface area contributed by atoms with Gasteiger partial charge in [0, 0.05) is 13.2 Å². The third-order valence-corrected chi connectivity index (χ3v) is 2.59. The zero-order chi connectivity index (χ0) is 13.1. The fraction of sp³-hybridized carbons (Fsp3) is 0.250. The summed E-state index contributed by atoms with van der Waals surface area (Å²) in [4.78, 5) is 16.4. The number of nitrogens with zero attached hydrogens (tertiary/aromatic N) is 3. The topological polar surface area (TPSA) is 66.2 Å². The number of methoxy groups -OCH3 is 2. The average Bonchev–Trinajstić information content (AvgIpc) is 2.79. The van der Waals surface area contributed by atoms with E-state index in [0.717, 1.165) is 0 Å². The zero-order valence-electron chi connectivity index (χ0n) is 10.4. The average molecular weight is 247 g/mol. The molecule has 2 heterocycles. The van der Waals surface area contributed by atoms with Gasteiger partial charge in [-0.25, -0.2) is 0 Å². The van der Waals surface area contributed by atoms with E-state index in [1.807, 2.05) is 0 Å². The van der Waals surface area contributed by atoms with E-state index in [2.05, 4.69) is 10.1 Å². The number of hydrogen-bond donors (Lipinski definition) is 0. The highest BCUT2D eigenvalue weighted by Gasteiger charge is 2.22. The molecular formula is C12H13N3O3. The van der Waals surface area contributed by atoms with E-state index >= 15 is 0 Å². The van der Waals surface area contributed by atoms with Crippen LogP contribution in [0.3, 0.4) is 0 Å². The van der Waals surface area contributed by atoms with Gasteiger partial charge in [-0.3, -0.25) is 14.5 Å². The van der Waals surface area contributed by atoms with Crippen molar-refractivity contribution in [2.24, 2.45) is 7.05 Å². The highest BCUT2D eigenvalue weighted by molar-refractivity contribution is 6.11. The van der Waals surface area contributed by atoms with E-state index in [9.17, 15) is 4.79 Å². The van der Waals surface area contributed by atoms with Gasteiger partial charge in [-0.2, -0.15) is 5.10 Å². The predicted molar refractivity (Wildman–Crippen MR) is 64.0 cm³/mol. The molecular weight excluding hydrogens is 234 g/mol. The lowest BCUT2D eigenvalue weighted by Gasteiger charge is -2.08. The molecule has 0 fully saturated rings. The third-order valence-electron chi connectivity index (χ3n) is 2.59. The van der Waals surface area contributed by atoms with Crippen molar-refractivity contribution in [3.05, 3.63) is 35.9 Å². The molecule has 6 nitrogen and oxygen atoms in total. The summed E-state index contributed by atoms with van der Waals surface area (Å²) in [5.74, 6) is 0.637. The van der Waals surface area contributed by atoms with E-state index < -0.39 is 0 Å². The number of pyridine rings is 1. The van der Waals surface area contributed by atoms with Gasteiger partial charge in [-0.1, -0.05) is 0 Å². The number of carbonyl (C=O) groups is 1. The maximum Gasteiger partial charge on any atom is 0.218 e. The molecule has 6 heteroatoms. The highest BCUT2D eigenvalue weighted by atomic mass is 16.5. The second kappa shape index (κ2) is 4.87. The van der Waals surface area contributed by atoms with Crippen LogP contribution in [0.4, 0.5) is 0 Å². The van der Waals surface area contributed by atoms with E-state index in [4.69, 9.17) is 9.47 Å². The van der Waals surface area contributed by atoms with E-state index in [-0.39, 0.29) is 5.78 Å². The minimum absolute atomic E-state index is 0.217. The normalized spacial score (nSPS) is 10.2. The Kier molecular flexibility index (Phi) is 3.27. The number of aryl methyl sites for hydroxylation is 1. The molecule has 0 spiro atoms. The summed E-state index contributed by atoms with van der Waals surface area (Å²) in [6.45, 7) is 0. The summed E-state index contributed by atoms with van der Waals surface area (Å²) in [5, 5.41) is 4.00. The Hall–Kier alpha value is -2.37. The SMILES string of the molecule is COc1cnccc1C(=O)c1c(OC)cnn1C. The van der Waals surface area contributed by atoms with Crippen LogP contribution in [0.25, 0.3) is 0 Å². The van der Waals surface area contributed by atoms with Crippen LogP contribution in [0.15, 0.2) is 24.7 Å². The Morgan fingerprint density at radius 2 is 1.94 bits per heavy atom. The highest BCUT2D eigenvalue weighted by Crippen LogP contribution is 2.24. The van der Waals surface area contributed by atoms with Crippen molar-refractivity contribution in [2.45, 2.75) is 0 Å². The Bertz CT molecular complexity index is 578. The number of hydrogen-bond acceptors (Lipinski definition) is 5. The lowest BCUT2D eigenvalue weighted by molar-refractivity contribution is 0.102. The molecule has 0 aliphatic heterocycles. The maximum absolute atomic E-state index is 12.4. The van der Waals surface area contributed by atoms with Crippen LogP contribution in [0.5, 0.6) is 11.5 Å². The molecule has 94 valence electrons. The van der Waals surface area contributed by atoms with E-state index in [0.29, 0.717) is 22.8 Å². The standard InChI is InChI=1S/C12H13N3O3/c1-15-11(10(18-3)7-14-15)12(16)8-4-5-13-6-9(8)17-2/h4-7H,1-3H3. The number of aromatic nitrogens is 3. The van der Waals surface area contributed by atoms with Gasteiger partial charge in [0.05, 0.1) is 32.2 Å². The Morgan fingerprint density at radius 3 is 2.61 bits per heavy atom. The van der Waals surface area contributed by atoms with Crippen molar-refractivity contribution < 1.29 is 14.3 Å². The zero-order valence-corrected chi connectivity index (χ0v) is 10.4. The van der Waals surface area contributed by atoms with Crippen molar-refractivity contribution in [1.29, 1.82) is 0 Å². The molecule has 0 aliphatic rings. The minimum Gasteiger partial charge on any atom is -0.494 e. The minimum atomic E-state index is -0.217. The summed E-state index contributed by atoms with van der Waals surface area (Å²) in [5.41, 5.74) is 0.802. The van der Waals surface area contributed by atoms with Crippen LogP contribution >= 0.6 is 0 Å². The first kappa shape index (κ1) is 12.1. The first-order valence-corrected chi connectivity index (χ1v) is 5.27. The van der Waals surface area contributed by atoms with E-state index in [1.165, 1.54) is 31.3 Å². The first-order valence-electron chi connectivity index (χ1n) is 5.27. The van der Waals surface area contributed by atoms with Crippen LogP contribution < -0.4 is 9.47 Å². The predicted octanol–water partition coefficient (Wildman–Crippen LogP) is 1.06. The monoisotopic (exact) mass is 247 g/mol. The van der Waals surface area contributed by atoms with Crippen molar-refractivity contribution in [2.75, 3.05) is 14.2 Å². The number of carbonyl (C=O) groups excluding carboxylic acids is 1. The first-order chi connectivity index (χ1) is 8.69. The molecule has 2 rings (SSSR count). The summed E-state index contributed by atoms with van der Waals surface area (Å²) in [7, 11) is 4.68. The van der Waals surface area contributed by atoms with Gasteiger partial charge in [0.2, 0.25) is 5.78 Å². The molecule has 0 N–H and O–H groups in total. The maximum atomic E-state index is 12.4. The molecule has 0 saturated heterocycles. The third kappa shape index (κ3) is 1.92. The molecule has 0 bridgehead atoms. The fourth-order valence-corrected chi connectivity index (χ4v) is 1.68. The second-order valence-electron chi connectivity index (χ2n) is 3.59. The Balaban J connectivity index is 2.51. The van der Waals surface area contributed by atoms with Crippen molar-refractivity contribution in [3.8, 4) is 11.5 Å². The number of rotatable bonds is 4. The molecule has 0 unspecified atom stereocenters. The molecule has 0 aliphatic carbocycles. The summed E-state index contributed by atoms with van der Waals surface area (Å²) >= 11 is 0. The quantitative estimate of drug-likeness (QED) is 0.756. The molecule has 0 radical (unpaired) electrons. The Labute approximate surface area is 104 Å².